The first-order chi connectivity index (χ1) is 9.13. The van der Waals surface area contributed by atoms with Gasteiger partial charge in [0.1, 0.15) is 6.61 Å². The molecule has 20 heavy (non-hydrogen) atoms. The van der Waals surface area contributed by atoms with Crippen LogP contribution in [0.15, 0.2) is 18.2 Å². The molecule has 3 nitrogen and oxygen atoms in total. The number of carbonyl (C=O) groups is 2. The van der Waals surface area contributed by atoms with Crippen LogP contribution < -0.4 is 0 Å². The highest BCUT2D eigenvalue weighted by atomic mass is 35.5. The van der Waals surface area contributed by atoms with Crippen molar-refractivity contribution >= 4 is 23.4 Å². The van der Waals surface area contributed by atoms with E-state index in [1.165, 1.54) is 0 Å². The van der Waals surface area contributed by atoms with Crippen molar-refractivity contribution in [1.29, 1.82) is 0 Å². The third-order valence-corrected chi connectivity index (χ3v) is 3.85. The van der Waals surface area contributed by atoms with Crippen LogP contribution in [0.25, 0.3) is 0 Å². The number of ketones is 1. The predicted molar refractivity (Wildman–Crippen MR) is 78.2 cm³/mol. The summed E-state index contributed by atoms with van der Waals surface area (Å²) in [6.45, 7) is 7.59. The van der Waals surface area contributed by atoms with E-state index in [1.54, 1.807) is 12.1 Å². The summed E-state index contributed by atoms with van der Waals surface area (Å²) in [7, 11) is 0. The second-order valence-electron chi connectivity index (χ2n) is 6.68. The van der Waals surface area contributed by atoms with Crippen LogP contribution in [0, 0.1) is 5.41 Å². The van der Waals surface area contributed by atoms with Crippen molar-refractivity contribution in [3.63, 3.8) is 0 Å². The number of rotatable bonds is 2. The van der Waals surface area contributed by atoms with E-state index in [0.29, 0.717) is 17.0 Å². The van der Waals surface area contributed by atoms with Gasteiger partial charge in [-0.05, 0) is 38.5 Å². The summed E-state index contributed by atoms with van der Waals surface area (Å²) in [5, 5.41) is 0.549. The first-order valence-electron chi connectivity index (χ1n) is 6.64. The largest absolute Gasteiger partial charge is 0.464 e. The lowest BCUT2D eigenvalue weighted by Crippen LogP contribution is -2.31. The van der Waals surface area contributed by atoms with Gasteiger partial charge in [-0.25, -0.2) is 0 Å². The van der Waals surface area contributed by atoms with Crippen molar-refractivity contribution in [2.24, 2.45) is 5.41 Å². The maximum atomic E-state index is 12.1. The fourth-order valence-electron chi connectivity index (χ4n) is 2.39. The highest BCUT2D eigenvalue weighted by Crippen LogP contribution is 2.40. The highest BCUT2D eigenvalue weighted by Gasteiger charge is 2.41. The maximum absolute atomic E-state index is 12.1. The molecule has 1 aliphatic rings. The van der Waals surface area contributed by atoms with Gasteiger partial charge in [-0.15, -0.1) is 0 Å². The van der Waals surface area contributed by atoms with Crippen molar-refractivity contribution in [3.8, 4) is 0 Å². The monoisotopic (exact) mass is 294 g/mol. The Labute approximate surface area is 124 Å². The Bertz CT molecular complexity index is 572. The van der Waals surface area contributed by atoms with Crippen molar-refractivity contribution < 1.29 is 14.3 Å². The molecule has 0 aliphatic heterocycles. The minimum atomic E-state index is -0.540. The molecule has 0 saturated carbocycles. The number of hydrogen-bond acceptors (Lipinski definition) is 3. The van der Waals surface area contributed by atoms with Crippen LogP contribution in [-0.2, 0) is 14.9 Å². The number of halogens is 1. The first kappa shape index (κ1) is 15.0. The Hall–Kier alpha value is -1.35. The number of benzene rings is 1. The number of Topliss-reactive ketones (excluding diaryl/α,β-unsaturated/α-hetero) is 1. The van der Waals surface area contributed by atoms with E-state index in [9.17, 15) is 9.59 Å². The van der Waals surface area contributed by atoms with Gasteiger partial charge in [-0.3, -0.25) is 9.59 Å². The molecule has 0 N–H and O–H groups in total. The van der Waals surface area contributed by atoms with Crippen LogP contribution in [-0.4, -0.2) is 18.4 Å². The van der Waals surface area contributed by atoms with Crippen LogP contribution in [0.5, 0.6) is 0 Å². The van der Waals surface area contributed by atoms with Gasteiger partial charge in [0.25, 0.3) is 0 Å². The molecule has 0 saturated heterocycles. The third kappa shape index (κ3) is 2.73. The summed E-state index contributed by atoms with van der Waals surface area (Å²) >= 11 is 5.93. The number of carbonyl (C=O) groups excluding carboxylic acids is 2. The van der Waals surface area contributed by atoms with Gasteiger partial charge in [0.05, 0.1) is 5.41 Å². The molecule has 2 rings (SSSR count). The topological polar surface area (TPSA) is 43.4 Å². The van der Waals surface area contributed by atoms with Crippen LogP contribution >= 0.6 is 11.6 Å². The van der Waals surface area contributed by atoms with Gasteiger partial charge in [0.2, 0.25) is 0 Å². The van der Waals surface area contributed by atoms with Crippen molar-refractivity contribution in [1.82, 2.24) is 0 Å². The van der Waals surface area contributed by atoms with E-state index in [1.807, 2.05) is 33.8 Å². The molecule has 0 unspecified atom stereocenters. The lowest BCUT2D eigenvalue weighted by molar-refractivity contribution is -0.154. The summed E-state index contributed by atoms with van der Waals surface area (Å²) in [6, 6.07) is 5.31. The SMILES string of the molecule is CC(C)(C)C(=O)OC[C@@]1(C)CC(=O)c2cc(Cl)ccc21. The summed E-state index contributed by atoms with van der Waals surface area (Å²) < 4.78 is 5.40. The molecule has 0 aromatic heterocycles. The van der Waals surface area contributed by atoms with Crippen molar-refractivity contribution in [2.75, 3.05) is 6.61 Å². The molecule has 0 heterocycles. The second-order valence-corrected chi connectivity index (χ2v) is 7.11. The summed E-state index contributed by atoms with van der Waals surface area (Å²) in [5.41, 5.74) is 0.556. The van der Waals surface area contributed by atoms with Crippen molar-refractivity contribution in [2.45, 2.75) is 39.5 Å². The molecule has 0 radical (unpaired) electrons. The quantitative estimate of drug-likeness (QED) is 0.780. The van der Waals surface area contributed by atoms with Crippen molar-refractivity contribution in [3.05, 3.63) is 34.3 Å². The Balaban J connectivity index is 2.22. The molecule has 108 valence electrons. The van der Waals surface area contributed by atoms with Gasteiger partial charge in [-0.1, -0.05) is 24.6 Å². The number of esters is 1. The van der Waals surface area contributed by atoms with Crippen LogP contribution in [0.1, 0.15) is 50.0 Å². The predicted octanol–water partition coefficient (Wildman–Crippen LogP) is 3.77. The molecule has 0 spiro atoms. The smallest absolute Gasteiger partial charge is 0.311 e. The number of ether oxygens (including phenoxy) is 1. The Morgan fingerprint density at radius 1 is 1.40 bits per heavy atom. The fraction of sp³-hybridized carbons (Fsp3) is 0.500. The summed E-state index contributed by atoms with van der Waals surface area (Å²) in [4.78, 5) is 24.0. The number of fused-ring (bicyclic) bond motifs is 1. The van der Waals surface area contributed by atoms with Crippen LogP contribution in [0.3, 0.4) is 0 Å². The fourth-order valence-corrected chi connectivity index (χ4v) is 2.56. The molecule has 0 amide bonds. The molecule has 4 heteroatoms. The zero-order valence-corrected chi connectivity index (χ0v) is 13.0. The molecule has 1 aromatic rings. The summed E-state index contributed by atoms with van der Waals surface area (Å²) in [5.74, 6) is -0.203. The lowest BCUT2D eigenvalue weighted by atomic mass is 9.85. The van der Waals surface area contributed by atoms with E-state index in [-0.39, 0.29) is 18.4 Å². The molecule has 1 aliphatic carbocycles. The average molecular weight is 295 g/mol. The van der Waals surface area contributed by atoms with Gasteiger partial charge >= 0.3 is 5.97 Å². The molecule has 0 bridgehead atoms. The Kier molecular flexibility index (Phi) is 3.67. The van der Waals surface area contributed by atoms with Crippen LogP contribution in [0.2, 0.25) is 5.02 Å². The van der Waals surface area contributed by atoms with E-state index in [2.05, 4.69) is 0 Å². The lowest BCUT2D eigenvalue weighted by Gasteiger charge is -2.26. The van der Waals surface area contributed by atoms with E-state index < -0.39 is 10.8 Å². The molecular formula is C16H19ClO3. The highest BCUT2D eigenvalue weighted by molar-refractivity contribution is 6.31. The minimum absolute atomic E-state index is 0.0526. The third-order valence-electron chi connectivity index (χ3n) is 3.62. The zero-order valence-electron chi connectivity index (χ0n) is 12.2. The van der Waals surface area contributed by atoms with E-state index >= 15 is 0 Å². The Morgan fingerprint density at radius 2 is 2.05 bits per heavy atom. The molecular weight excluding hydrogens is 276 g/mol. The van der Waals surface area contributed by atoms with Gasteiger partial charge in [0, 0.05) is 22.4 Å². The molecule has 1 aromatic carbocycles. The van der Waals surface area contributed by atoms with E-state index in [4.69, 9.17) is 16.3 Å². The minimum Gasteiger partial charge on any atom is -0.464 e. The van der Waals surface area contributed by atoms with Gasteiger partial charge < -0.3 is 4.74 Å². The Morgan fingerprint density at radius 3 is 2.65 bits per heavy atom. The van der Waals surface area contributed by atoms with Gasteiger partial charge in [-0.2, -0.15) is 0 Å². The van der Waals surface area contributed by atoms with E-state index in [0.717, 1.165) is 5.56 Å². The first-order valence-corrected chi connectivity index (χ1v) is 7.02. The normalized spacial score (nSPS) is 21.8. The maximum Gasteiger partial charge on any atom is 0.311 e. The molecule has 0 fully saturated rings. The van der Waals surface area contributed by atoms with Gasteiger partial charge in [0.15, 0.2) is 5.78 Å². The number of hydrogen-bond donors (Lipinski definition) is 0. The summed E-state index contributed by atoms with van der Waals surface area (Å²) in [6.07, 6.45) is 0.347. The second kappa shape index (κ2) is 4.88. The standard InChI is InChI=1S/C16H19ClO3/c1-15(2,3)14(19)20-9-16(4)8-13(18)11-7-10(17)5-6-12(11)16/h5-7H,8-9H2,1-4H3/t16-/m1/s1. The van der Waals surface area contributed by atoms with Crippen LogP contribution in [0.4, 0.5) is 0 Å². The molecule has 1 atom stereocenters. The average Bonchev–Trinajstić information content (AvgIpc) is 2.57. The zero-order chi connectivity index (χ0) is 15.1.